The van der Waals surface area contributed by atoms with Crippen molar-refractivity contribution in [1.82, 2.24) is 5.43 Å². The van der Waals surface area contributed by atoms with E-state index in [0.29, 0.717) is 12.0 Å². The van der Waals surface area contributed by atoms with E-state index in [1.807, 2.05) is 0 Å². The van der Waals surface area contributed by atoms with Gasteiger partial charge in [-0.25, -0.2) is 0 Å². The molecule has 1 fully saturated rings. The van der Waals surface area contributed by atoms with Crippen LogP contribution in [0.1, 0.15) is 37.2 Å². The van der Waals surface area contributed by atoms with Gasteiger partial charge in [0.2, 0.25) is 0 Å². The molecule has 2 nitrogen and oxygen atoms in total. The van der Waals surface area contributed by atoms with Crippen LogP contribution in [0.5, 0.6) is 0 Å². The van der Waals surface area contributed by atoms with Crippen LogP contribution in [0.4, 0.5) is 0 Å². The molecule has 0 bridgehead atoms. The number of hydrazine groups is 1. The highest BCUT2D eigenvalue weighted by Gasteiger charge is 2.24. The quantitative estimate of drug-likeness (QED) is 0.554. The second kappa shape index (κ2) is 4.58. The van der Waals surface area contributed by atoms with Gasteiger partial charge in [-0.2, -0.15) is 0 Å². The summed E-state index contributed by atoms with van der Waals surface area (Å²) in [6.07, 6.45) is 5.10. The monoisotopic (exact) mass is 190 g/mol. The van der Waals surface area contributed by atoms with Crippen molar-refractivity contribution < 1.29 is 0 Å². The molecule has 2 heteroatoms. The summed E-state index contributed by atoms with van der Waals surface area (Å²) in [5.74, 6) is 6.19. The SMILES string of the molecule is NNC1CCCCC1c1ccccc1. The first-order valence-electron chi connectivity index (χ1n) is 5.43. The third-order valence-electron chi connectivity index (χ3n) is 3.21. The van der Waals surface area contributed by atoms with Crippen LogP contribution in [0.15, 0.2) is 30.3 Å². The average molecular weight is 190 g/mol. The molecule has 14 heavy (non-hydrogen) atoms. The first-order valence-corrected chi connectivity index (χ1v) is 5.43. The van der Waals surface area contributed by atoms with E-state index in [-0.39, 0.29) is 0 Å². The second-order valence-electron chi connectivity index (χ2n) is 4.07. The molecule has 0 saturated heterocycles. The molecular formula is C12H18N2. The van der Waals surface area contributed by atoms with E-state index < -0.39 is 0 Å². The molecule has 3 N–H and O–H groups in total. The average Bonchev–Trinajstić information content (AvgIpc) is 2.30. The molecule has 2 unspecified atom stereocenters. The molecule has 1 aliphatic carbocycles. The number of nitrogens with one attached hydrogen (secondary N) is 1. The molecule has 1 aromatic carbocycles. The van der Waals surface area contributed by atoms with Crippen molar-refractivity contribution in [3.63, 3.8) is 0 Å². The summed E-state index contributed by atoms with van der Waals surface area (Å²) < 4.78 is 0. The molecule has 2 atom stereocenters. The fraction of sp³-hybridized carbons (Fsp3) is 0.500. The Balaban J connectivity index is 2.15. The summed E-state index contributed by atoms with van der Waals surface area (Å²) >= 11 is 0. The third kappa shape index (κ3) is 1.97. The van der Waals surface area contributed by atoms with Crippen LogP contribution in [0.2, 0.25) is 0 Å². The Kier molecular flexibility index (Phi) is 3.17. The lowest BCUT2D eigenvalue weighted by atomic mass is 9.80. The van der Waals surface area contributed by atoms with Gasteiger partial charge in [-0.05, 0) is 18.4 Å². The summed E-state index contributed by atoms with van der Waals surface area (Å²) in [6.45, 7) is 0. The van der Waals surface area contributed by atoms with Gasteiger partial charge in [-0.1, -0.05) is 43.2 Å². The van der Waals surface area contributed by atoms with E-state index in [1.165, 1.54) is 31.2 Å². The van der Waals surface area contributed by atoms with E-state index in [2.05, 4.69) is 35.8 Å². The van der Waals surface area contributed by atoms with Crippen LogP contribution in [0, 0.1) is 0 Å². The van der Waals surface area contributed by atoms with Gasteiger partial charge in [-0.3, -0.25) is 11.3 Å². The van der Waals surface area contributed by atoms with Gasteiger partial charge >= 0.3 is 0 Å². The predicted molar refractivity (Wildman–Crippen MR) is 58.8 cm³/mol. The maximum atomic E-state index is 5.58. The molecule has 0 aliphatic heterocycles. The summed E-state index contributed by atoms with van der Waals surface area (Å²) in [4.78, 5) is 0. The lowest BCUT2D eigenvalue weighted by Gasteiger charge is -2.31. The molecule has 0 spiro atoms. The van der Waals surface area contributed by atoms with Crippen LogP contribution in [-0.2, 0) is 0 Å². The highest BCUT2D eigenvalue weighted by Crippen LogP contribution is 2.32. The van der Waals surface area contributed by atoms with E-state index in [9.17, 15) is 0 Å². The van der Waals surface area contributed by atoms with Gasteiger partial charge in [0.25, 0.3) is 0 Å². The first kappa shape index (κ1) is 9.69. The second-order valence-corrected chi connectivity index (χ2v) is 4.07. The van der Waals surface area contributed by atoms with Crippen LogP contribution in [-0.4, -0.2) is 6.04 Å². The number of nitrogens with two attached hydrogens (primary N) is 1. The fourth-order valence-electron chi connectivity index (χ4n) is 2.43. The predicted octanol–water partition coefficient (Wildman–Crippen LogP) is 2.18. The maximum Gasteiger partial charge on any atom is 0.0279 e. The molecule has 1 saturated carbocycles. The van der Waals surface area contributed by atoms with Crippen molar-refractivity contribution in [2.75, 3.05) is 0 Å². The highest BCUT2D eigenvalue weighted by molar-refractivity contribution is 5.21. The molecule has 0 aromatic heterocycles. The summed E-state index contributed by atoms with van der Waals surface area (Å²) in [7, 11) is 0. The van der Waals surface area contributed by atoms with Crippen LogP contribution >= 0.6 is 0 Å². The molecule has 1 aliphatic rings. The van der Waals surface area contributed by atoms with E-state index in [4.69, 9.17) is 5.84 Å². The topological polar surface area (TPSA) is 38.0 Å². The summed E-state index contributed by atoms with van der Waals surface area (Å²) in [5.41, 5.74) is 4.38. The van der Waals surface area contributed by atoms with E-state index in [0.717, 1.165) is 0 Å². The van der Waals surface area contributed by atoms with Crippen LogP contribution in [0.3, 0.4) is 0 Å². The number of benzene rings is 1. The summed E-state index contributed by atoms with van der Waals surface area (Å²) in [6, 6.07) is 11.2. The van der Waals surface area contributed by atoms with Gasteiger partial charge in [0.1, 0.15) is 0 Å². The number of hydrogen-bond acceptors (Lipinski definition) is 2. The van der Waals surface area contributed by atoms with E-state index >= 15 is 0 Å². The minimum Gasteiger partial charge on any atom is -0.271 e. The number of hydrogen-bond donors (Lipinski definition) is 2. The Hall–Kier alpha value is -0.860. The zero-order valence-electron chi connectivity index (χ0n) is 8.45. The molecule has 0 amide bonds. The molecule has 1 aromatic rings. The lowest BCUT2D eigenvalue weighted by molar-refractivity contribution is 0.331. The molecule has 2 rings (SSSR count). The van der Waals surface area contributed by atoms with Gasteiger partial charge in [0, 0.05) is 12.0 Å². The largest absolute Gasteiger partial charge is 0.271 e. The van der Waals surface area contributed by atoms with Crippen molar-refractivity contribution in [2.24, 2.45) is 5.84 Å². The normalized spacial score (nSPS) is 27.5. The zero-order valence-corrected chi connectivity index (χ0v) is 8.45. The number of rotatable bonds is 2. The minimum atomic E-state index is 0.464. The fourth-order valence-corrected chi connectivity index (χ4v) is 2.43. The molecule has 0 radical (unpaired) electrons. The van der Waals surface area contributed by atoms with Crippen LogP contribution < -0.4 is 11.3 Å². The lowest BCUT2D eigenvalue weighted by Crippen LogP contribution is -2.41. The zero-order chi connectivity index (χ0) is 9.80. The molecular weight excluding hydrogens is 172 g/mol. The van der Waals surface area contributed by atoms with Gasteiger partial charge < -0.3 is 0 Å². The van der Waals surface area contributed by atoms with Gasteiger partial charge in [0.15, 0.2) is 0 Å². The first-order chi connectivity index (χ1) is 6.92. The van der Waals surface area contributed by atoms with Crippen molar-refractivity contribution in [3.05, 3.63) is 35.9 Å². The van der Waals surface area contributed by atoms with Gasteiger partial charge in [0.05, 0.1) is 0 Å². The van der Waals surface area contributed by atoms with Crippen LogP contribution in [0.25, 0.3) is 0 Å². The Labute approximate surface area is 85.5 Å². The Morgan fingerprint density at radius 1 is 1.07 bits per heavy atom. The van der Waals surface area contributed by atoms with Gasteiger partial charge in [-0.15, -0.1) is 0 Å². The smallest absolute Gasteiger partial charge is 0.0279 e. The van der Waals surface area contributed by atoms with Crippen molar-refractivity contribution in [2.45, 2.75) is 37.6 Å². The highest BCUT2D eigenvalue weighted by atomic mass is 15.2. The molecule has 0 heterocycles. The maximum absolute atomic E-state index is 5.58. The standard InChI is InChI=1S/C12H18N2/c13-14-12-9-5-4-8-11(12)10-6-2-1-3-7-10/h1-3,6-7,11-12,14H,4-5,8-9,13H2. The Morgan fingerprint density at radius 3 is 2.50 bits per heavy atom. The third-order valence-corrected chi connectivity index (χ3v) is 3.21. The molecule has 76 valence electrons. The minimum absolute atomic E-state index is 0.464. The Bertz CT molecular complexity index is 271. The summed E-state index contributed by atoms with van der Waals surface area (Å²) in [5, 5.41) is 0. The van der Waals surface area contributed by atoms with Crippen molar-refractivity contribution in [1.29, 1.82) is 0 Å². The van der Waals surface area contributed by atoms with E-state index in [1.54, 1.807) is 0 Å². The Morgan fingerprint density at radius 2 is 1.79 bits per heavy atom. The van der Waals surface area contributed by atoms with Crippen molar-refractivity contribution >= 4 is 0 Å². The van der Waals surface area contributed by atoms with Crippen molar-refractivity contribution in [3.8, 4) is 0 Å².